The number of benzene rings is 1. The molecule has 21 heavy (non-hydrogen) atoms. The lowest BCUT2D eigenvalue weighted by Crippen LogP contribution is -2.35. The van der Waals surface area contributed by atoms with E-state index < -0.39 is 7.12 Å². The fourth-order valence-corrected chi connectivity index (χ4v) is 2.70. The van der Waals surface area contributed by atoms with E-state index in [9.17, 15) is 14.6 Å². The van der Waals surface area contributed by atoms with Gasteiger partial charge in [-0.05, 0) is 31.4 Å². The van der Waals surface area contributed by atoms with Crippen molar-refractivity contribution < 1.29 is 19.3 Å². The number of para-hydroxylation sites is 1. The number of hydrogen-bond donors (Lipinski definition) is 1. The summed E-state index contributed by atoms with van der Waals surface area (Å²) in [5.41, 5.74) is 1.38. The number of carbonyl (C=O) groups is 2. The van der Waals surface area contributed by atoms with E-state index in [0.29, 0.717) is 30.6 Å². The summed E-state index contributed by atoms with van der Waals surface area (Å²) in [5, 5.41) is 10.1. The van der Waals surface area contributed by atoms with E-state index in [4.69, 9.17) is 4.65 Å². The second-order valence-electron chi connectivity index (χ2n) is 5.67. The highest BCUT2D eigenvalue weighted by atomic mass is 16.5. The van der Waals surface area contributed by atoms with E-state index in [1.165, 1.54) is 6.92 Å². The molecule has 4 nitrogen and oxygen atoms in total. The van der Waals surface area contributed by atoms with Gasteiger partial charge in [-0.15, -0.1) is 0 Å². The van der Waals surface area contributed by atoms with Gasteiger partial charge in [-0.1, -0.05) is 25.5 Å². The van der Waals surface area contributed by atoms with E-state index >= 15 is 0 Å². The third-order valence-electron chi connectivity index (χ3n) is 3.90. The normalized spacial score (nSPS) is 17.1. The highest BCUT2D eigenvalue weighted by Crippen LogP contribution is 2.36. The molecule has 0 saturated heterocycles. The second kappa shape index (κ2) is 6.90. The zero-order chi connectivity index (χ0) is 15.4. The highest BCUT2D eigenvalue weighted by Gasteiger charge is 2.37. The number of Topliss-reactive ketones (excluding diaryl/α,β-unsaturated/α-hetero) is 2. The van der Waals surface area contributed by atoms with Crippen molar-refractivity contribution in [2.75, 3.05) is 0 Å². The van der Waals surface area contributed by atoms with Gasteiger partial charge in [0.2, 0.25) is 0 Å². The van der Waals surface area contributed by atoms with Crippen LogP contribution in [0.15, 0.2) is 18.2 Å². The standard InChI is InChI=1S/C16H21BO4/c1-3-4-7-14(19)10-13-9-12-6-5-8-15(11(2)18)16(12)21-17(13)20/h5-6,8,13,20H,3-4,7,9-10H2,1-2H3. The van der Waals surface area contributed by atoms with Gasteiger partial charge in [-0.25, -0.2) is 0 Å². The first kappa shape index (κ1) is 15.8. The molecule has 0 radical (unpaired) electrons. The Kier molecular flexibility index (Phi) is 5.18. The molecule has 0 aromatic heterocycles. The van der Waals surface area contributed by atoms with E-state index in [1.807, 2.05) is 19.1 Å². The second-order valence-corrected chi connectivity index (χ2v) is 5.67. The molecule has 0 amide bonds. The molecule has 0 spiro atoms. The predicted molar refractivity (Wildman–Crippen MR) is 81.7 cm³/mol. The topological polar surface area (TPSA) is 63.6 Å². The molecule has 1 aromatic carbocycles. The monoisotopic (exact) mass is 288 g/mol. The first-order valence-corrected chi connectivity index (χ1v) is 7.52. The molecule has 1 aliphatic rings. The fraction of sp³-hybridized carbons (Fsp3) is 0.500. The van der Waals surface area contributed by atoms with Crippen LogP contribution in [0.5, 0.6) is 5.75 Å². The molecule has 1 aromatic rings. The summed E-state index contributed by atoms with van der Waals surface area (Å²) in [5.74, 6) is 0.311. The lowest BCUT2D eigenvalue weighted by atomic mass is 9.64. The van der Waals surface area contributed by atoms with Gasteiger partial charge < -0.3 is 9.68 Å². The van der Waals surface area contributed by atoms with Crippen LogP contribution in [0, 0.1) is 0 Å². The van der Waals surface area contributed by atoms with Crippen molar-refractivity contribution in [2.45, 2.75) is 51.8 Å². The van der Waals surface area contributed by atoms with E-state index in [1.54, 1.807) is 6.07 Å². The zero-order valence-electron chi connectivity index (χ0n) is 12.6. The summed E-state index contributed by atoms with van der Waals surface area (Å²) >= 11 is 0. The Hall–Kier alpha value is -1.62. The highest BCUT2D eigenvalue weighted by molar-refractivity contribution is 6.47. The summed E-state index contributed by atoms with van der Waals surface area (Å²) in [6.45, 7) is 3.52. The zero-order valence-corrected chi connectivity index (χ0v) is 12.6. The van der Waals surface area contributed by atoms with Crippen LogP contribution < -0.4 is 4.65 Å². The number of ketones is 2. The molecule has 1 N–H and O–H groups in total. The molecule has 1 unspecified atom stereocenters. The molecular weight excluding hydrogens is 267 g/mol. The maximum atomic E-state index is 11.9. The Morgan fingerprint density at radius 2 is 2.19 bits per heavy atom. The van der Waals surface area contributed by atoms with Crippen molar-refractivity contribution in [2.24, 2.45) is 0 Å². The number of fused-ring (bicyclic) bond motifs is 1. The molecule has 2 rings (SSSR count). The minimum absolute atomic E-state index is 0.0866. The third kappa shape index (κ3) is 3.73. The van der Waals surface area contributed by atoms with Crippen LogP contribution >= 0.6 is 0 Å². The summed E-state index contributed by atoms with van der Waals surface area (Å²) in [4.78, 5) is 23.5. The SMILES string of the molecule is CCCCC(=O)CC1Cc2cccc(C(C)=O)c2OB1O. The Balaban J connectivity index is 2.12. The average Bonchev–Trinajstić information content (AvgIpc) is 2.45. The van der Waals surface area contributed by atoms with Crippen LogP contribution in [0.25, 0.3) is 0 Å². The molecule has 0 aliphatic carbocycles. The van der Waals surface area contributed by atoms with Gasteiger partial charge in [-0.2, -0.15) is 0 Å². The average molecular weight is 288 g/mol. The number of unbranched alkanes of at least 4 members (excludes halogenated alkanes) is 1. The maximum absolute atomic E-state index is 11.9. The van der Waals surface area contributed by atoms with Gasteiger partial charge in [0.1, 0.15) is 11.5 Å². The Morgan fingerprint density at radius 3 is 2.86 bits per heavy atom. The van der Waals surface area contributed by atoms with Gasteiger partial charge >= 0.3 is 7.12 Å². The molecule has 112 valence electrons. The Bertz CT molecular complexity index is 541. The Morgan fingerprint density at radius 1 is 1.43 bits per heavy atom. The van der Waals surface area contributed by atoms with Crippen LogP contribution in [-0.4, -0.2) is 23.7 Å². The molecular formula is C16H21BO4. The van der Waals surface area contributed by atoms with E-state index in [0.717, 1.165) is 18.4 Å². The van der Waals surface area contributed by atoms with E-state index in [-0.39, 0.29) is 17.4 Å². The minimum Gasteiger partial charge on any atom is -0.535 e. The maximum Gasteiger partial charge on any atom is 0.526 e. The first-order chi connectivity index (χ1) is 10.0. The van der Waals surface area contributed by atoms with Gasteiger partial charge in [0.15, 0.2) is 5.78 Å². The lowest BCUT2D eigenvalue weighted by Gasteiger charge is -2.28. The van der Waals surface area contributed by atoms with Crippen LogP contribution in [-0.2, 0) is 11.2 Å². The molecule has 5 heteroatoms. The van der Waals surface area contributed by atoms with Gasteiger partial charge in [0.25, 0.3) is 0 Å². The molecule has 1 atom stereocenters. The van der Waals surface area contributed by atoms with Crippen LogP contribution in [0.3, 0.4) is 0 Å². The number of hydrogen-bond acceptors (Lipinski definition) is 4. The van der Waals surface area contributed by atoms with Crippen molar-refractivity contribution in [3.05, 3.63) is 29.3 Å². The number of carbonyl (C=O) groups excluding carboxylic acids is 2. The van der Waals surface area contributed by atoms with Crippen molar-refractivity contribution in [3.8, 4) is 5.75 Å². The van der Waals surface area contributed by atoms with E-state index in [2.05, 4.69) is 0 Å². The smallest absolute Gasteiger partial charge is 0.526 e. The largest absolute Gasteiger partial charge is 0.535 e. The van der Waals surface area contributed by atoms with Gasteiger partial charge in [0.05, 0.1) is 5.56 Å². The van der Waals surface area contributed by atoms with Crippen molar-refractivity contribution in [1.29, 1.82) is 0 Å². The first-order valence-electron chi connectivity index (χ1n) is 7.52. The quantitative estimate of drug-likeness (QED) is 0.645. The summed E-state index contributed by atoms with van der Waals surface area (Å²) in [6.07, 6.45) is 3.31. The molecule has 0 bridgehead atoms. The Labute approximate surface area is 125 Å². The van der Waals surface area contributed by atoms with Gasteiger partial charge in [-0.3, -0.25) is 9.59 Å². The summed E-state index contributed by atoms with van der Waals surface area (Å²) in [7, 11) is -1.02. The molecule has 0 saturated carbocycles. The number of rotatable bonds is 6. The predicted octanol–water partition coefficient (Wildman–Crippen LogP) is 2.82. The van der Waals surface area contributed by atoms with Crippen LogP contribution in [0.2, 0.25) is 5.82 Å². The third-order valence-corrected chi connectivity index (χ3v) is 3.90. The summed E-state index contributed by atoms with van der Waals surface area (Å²) < 4.78 is 5.52. The lowest BCUT2D eigenvalue weighted by molar-refractivity contribution is -0.119. The molecule has 1 aliphatic heterocycles. The van der Waals surface area contributed by atoms with Crippen molar-refractivity contribution in [3.63, 3.8) is 0 Å². The molecule has 0 fully saturated rings. The van der Waals surface area contributed by atoms with Gasteiger partial charge in [0, 0.05) is 18.7 Å². The van der Waals surface area contributed by atoms with Crippen LogP contribution in [0.4, 0.5) is 0 Å². The van der Waals surface area contributed by atoms with Crippen molar-refractivity contribution in [1.82, 2.24) is 0 Å². The molecule has 1 heterocycles. The van der Waals surface area contributed by atoms with Crippen molar-refractivity contribution >= 4 is 18.7 Å². The summed E-state index contributed by atoms with van der Waals surface area (Å²) in [6, 6.07) is 5.39. The fourth-order valence-electron chi connectivity index (χ4n) is 2.70. The minimum atomic E-state index is -1.02. The van der Waals surface area contributed by atoms with Crippen LogP contribution in [0.1, 0.15) is 55.5 Å².